The lowest BCUT2D eigenvalue weighted by molar-refractivity contribution is 0.178. The number of nitrogens with zero attached hydrogens (tertiary/aromatic N) is 1. The number of benzene rings is 1. The van der Waals surface area contributed by atoms with E-state index >= 15 is 0 Å². The van der Waals surface area contributed by atoms with Crippen molar-refractivity contribution in [2.75, 3.05) is 13.6 Å². The van der Waals surface area contributed by atoms with Crippen LogP contribution in [0, 0.1) is 0 Å². The summed E-state index contributed by atoms with van der Waals surface area (Å²) < 4.78 is 5.14. The van der Waals surface area contributed by atoms with Crippen molar-refractivity contribution in [2.45, 2.75) is 6.10 Å². The van der Waals surface area contributed by atoms with Gasteiger partial charge in [0.05, 0.1) is 6.10 Å². The average Bonchev–Trinajstić information content (AvgIpc) is 2.64. The molecule has 1 atom stereocenters. The number of rotatable bonds is 3. The number of aromatic nitrogens is 1. The highest BCUT2D eigenvalue weighted by molar-refractivity contribution is 5.72. The normalized spacial score (nSPS) is 13.3. The van der Waals surface area contributed by atoms with E-state index in [2.05, 4.69) is 10.3 Å². The van der Waals surface area contributed by atoms with Crippen molar-refractivity contribution in [1.29, 1.82) is 0 Å². The summed E-state index contributed by atoms with van der Waals surface area (Å²) in [6, 6.07) is 5.50. The Bertz CT molecular complexity index is 425. The second-order valence-electron chi connectivity index (χ2n) is 3.15. The molecule has 1 aromatic heterocycles. The van der Waals surface area contributed by atoms with E-state index in [1.807, 2.05) is 18.2 Å². The van der Waals surface area contributed by atoms with Crippen molar-refractivity contribution in [2.24, 2.45) is 0 Å². The number of aliphatic hydroxyl groups is 1. The van der Waals surface area contributed by atoms with E-state index in [4.69, 9.17) is 4.42 Å². The predicted octanol–water partition coefficient (Wildman–Crippen LogP) is 1.08. The quantitative estimate of drug-likeness (QED) is 0.764. The highest BCUT2D eigenvalue weighted by atomic mass is 16.3. The van der Waals surface area contributed by atoms with Gasteiger partial charge in [-0.15, -0.1) is 0 Å². The maximum atomic E-state index is 9.69. The molecule has 0 radical (unpaired) electrons. The van der Waals surface area contributed by atoms with Gasteiger partial charge in [0.1, 0.15) is 5.52 Å². The van der Waals surface area contributed by atoms with Gasteiger partial charge >= 0.3 is 0 Å². The Labute approximate surface area is 81.6 Å². The zero-order valence-electron chi connectivity index (χ0n) is 7.90. The van der Waals surface area contributed by atoms with E-state index in [0.29, 0.717) is 12.1 Å². The van der Waals surface area contributed by atoms with E-state index in [1.165, 1.54) is 6.39 Å². The summed E-state index contributed by atoms with van der Waals surface area (Å²) in [5.74, 6) is 0. The molecule has 1 heterocycles. The van der Waals surface area contributed by atoms with Gasteiger partial charge in [0, 0.05) is 6.54 Å². The van der Waals surface area contributed by atoms with Gasteiger partial charge in [-0.05, 0) is 24.7 Å². The van der Waals surface area contributed by atoms with Crippen molar-refractivity contribution < 1.29 is 9.52 Å². The molecular formula is C10H12N2O2. The summed E-state index contributed by atoms with van der Waals surface area (Å²) in [5.41, 5.74) is 2.35. The molecule has 0 saturated heterocycles. The lowest BCUT2D eigenvalue weighted by Crippen LogP contribution is -2.16. The van der Waals surface area contributed by atoms with Gasteiger partial charge in [-0.2, -0.15) is 0 Å². The zero-order valence-corrected chi connectivity index (χ0v) is 7.90. The number of nitrogens with one attached hydrogen (secondary N) is 1. The Hall–Kier alpha value is -1.39. The highest BCUT2D eigenvalue weighted by Gasteiger charge is 2.08. The molecule has 14 heavy (non-hydrogen) atoms. The Morgan fingerprint density at radius 3 is 3.21 bits per heavy atom. The highest BCUT2D eigenvalue weighted by Crippen LogP contribution is 2.18. The van der Waals surface area contributed by atoms with E-state index in [0.717, 1.165) is 11.1 Å². The van der Waals surface area contributed by atoms with E-state index in [9.17, 15) is 5.11 Å². The summed E-state index contributed by atoms with van der Waals surface area (Å²) in [7, 11) is 1.80. The first-order valence-electron chi connectivity index (χ1n) is 4.47. The van der Waals surface area contributed by atoms with Crippen molar-refractivity contribution in [1.82, 2.24) is 10.3 Å². The number of hydrogen-bond acceptors (Lipinski definition) is 4. The minimum Gasteiger partial charge on any atom is -0.443 e. The second kappa shape index (κ2) is 3.77. The van der Waals surface area contributed by atoms with Crippen LogP contribution in [0.2, 0.25) is 0 Å². The van der Waals surface area contributed by atoms with Crippen LogP contribution in [-0.2, 0) is 0 Å². The van der Waals surface area contributed by atoms with Crippen LogP contribution in [0.1, 0.15) is 11.7 Å². The van der Waals surface area contributed by atoms with Crippen molar-refractivity contribution in [3.05, 3.63) is 30.2 Å². The van der Waals surface area contributed by atoms with Gasteiger partial charge < -0.3 is 14.8 Å². The first-order valence-corrected chi connectivity index (χ1v) is 4.47. The Kier molecular flexibility index (Phi) is 2.47. The maximum Gasteiger partial charge on any atom is 0.181 e. The standard InChI is InChI=1S/C10H12N2O2/c1-11-5-9(13)7-2-3-8-10(4-7)14-6-12-8/h2-4,6,9,11,13H,5H2,1H3. The third-order valence-electron chi connectivity index (χ3n) is 2.14. The number of oxazole rings is 1. The van der Waals surface area contributed by atoms with Gasteiger partial charge in [-0.3, -0.25) is 0 Å². The van der Waals surface area contributed by atoms with E-state index < -0.39 is 6.10 Å². The van der Waals surface area contributed by atoms with Gasteiger partial charge in [0.15, 0.2) is 12.0 Å². The second-order valence-corrected chi connectivity index (χ2v) is 3.15. The molecule has 1 unspecified atom stereocenters. The van der Waals surface area contributed by atoms with Crippen LogP contribution in [0.4, 0.5) is 0 Å². The Morgan fingerprint density at radius 1 is 1.57 bits per heavy atom. The van der Waals surface area contributed by atoms with Crippen LogP contribution in [0.3, 0.4) is 0 Å². The fourth-order valence-corrected chi connectivity index (χ4v) is 1.39. The molecule has 2 aromatic rings. The lowest BCUT2D eigenvalue weighted by atomic mass is 10.1. The van der Waals surface area contributed by atoms with Crippen LogP contribution < -0.4 is 5.32 Å². The van der Waals surface area contributed by atoms with Gasteiger partial charge in [-0.1, -0.05) is 6.07 Å². The molecule has 0 aliphatic heterocycles. The Balaban J connectivity index is 2.33. The lowest BCUT2D eigenvalue weighted by Gasteiger charge is -2.09. The van der Waals surface area contributed by atoms with Crippen LogP contribution >= 0.6 is 0 Å². The summed E-state index contributed by atoms with van der Waals surface area (Å²) in [6.45, 7) is 0.527. The third-order valence-corrected chi connectivity index (χ3v) is 2.14. The fourth-order valence-electron chi connectivity index (χ4n) is 1.39. The molecule has 0 fully saturated rings. The monoisotopic (exact) mass is 192 g/mol. The summed E-state index contributed by atoms with van der Waals surface area (Å²) in [4.78, 5) is 4.00. The number of fused-ring (bicyclic) bond motifs is 1. The maximum absolute atomic E-state index is 9.69. The largest absolute Gasteiger partial charge is 0.443 e. The molecule has 2 rings (SSSR count). The van der Waals surface area contributed by atoms with E-state index in [1.54, 1.807) is 7.05 Å². The number of hydrogen-bond donors (Lipinski definition) is 2. The average molecular weight is 192 g/mol. The summed E-state index contributed by atoms with van der Waals surface area (Å²) in [5, 5.41) is 12.6. The minimum absolute atomic E-state index is 0.505. The van der Waals surface area contributed by atoms with Crippen LogP contribution in [0.25, 0.3) is 11.1 Å². The van der Waals surface area contributed by atoms with Gasteiger partial charge in [0.2, 0.25) is 0 Å². The molecular weight excluding hydrogens is 180 g/mol. The molecule has 4 heteroatoms. The van der Waals surface area contributed by atoms with Crippen LogP contribution in [0.5, 0.6) is 0 Å². The molecule has 0 bridgehead atoms. The molecule has 74 valence electrons. The Morgan fingerprint density at radius 2 is 2.43 bits per heavy atom. The fraction of sp³-hybridized carbons (Fsp3) is 0.300. The van der Waals surface area contributed by atoms with Crippen molar-refractivity contribution in [3.8, 4) is 0 Å². The zero-order chi connectivity index (χ0) is 9.97. The number of aliphatic hydroxyl groups excluding tert-OH is 1. The molecule has 0 aliphatic carbocycles. The van der Waals surface area contributed by atoms with E-state index in [-0.39, 0.29) is 0 Å². The molecule has 0 aliphatic rings. The summed E-state index contributed by atoms with van der Waals surface area (Å²) >= 11 is 0. The first-order chi connectivity index (χ1) is 6.81. The molecule has 2 N–H and O–H groups in total. The predicted molar refractivity (Wildman–Crippen MR) is 52.9 cm³/mol. The van der Waals surface area contributed by atoms with Gasteiger partial charge in [0.25, 0.3) is 0 Å². The molecule has 0 amide bonds. The molecule has 0 spiro atoms. The van der Waals surface area contributed by atoms with Gasteiger partial charge in [-0.25, -0.2) is 4.98 Å². The third kappa shape index (κ3) is 1.62. The minimum atomic E-state index is -0.505. The SMILES string of the molecule is CNCC(O)c1ccc2ncoc2c1. The van der Waals surface area contributed by atoms with Crippen molar-refractivity contribution in [3.63, 3.8) is 0 Å². The molecule has 4 nitrogen and oxygen atoms in total. The first kappa shape index (κ1) is 9.18. The van der Waals surface area contributed by atoms with Crippen LogP contribution in [-0.4, -0.2) is 23.7 Å². The van der Waals surface area contributed by atoms with Crippen molar-refractivity contribution >= 4 is 11.1 Å². The number of likely N-dealkylation sites (N-methyl/N-ethyl adjacent to an activating group) is 1. The summed E-state index contributed by atoms with van der Waals surface area (Å²) in [6.07, 6.45) is 0.897. The molecule has 0 saturated carbocycles. The molecule has 1 aromatic carbocycles. The smallest absolute Gasteiger partial charge is 0.181 e. The topological polar surface area (TPSA) is 58.3 Å². The van der Waals surface area contributed by atoms with Crippen LogP contribution in [0.15, 0.2) is 29.0 Å².